The molecule has 48 valence electrons. The van der Waals surface area contributed by atoms with Crippen molar-refractivity contribution < 1.29 is 14.9 Å². The molecule has 1 fully saturated rings. The fourth-order valence-electron chi connectivity index (χ4n) is 0.383. The van der Waals surface area contributed by atoms with Crippen LogP contribution in [0.3, 0.4) is 0 Å². The SMILES string of the molecule is OCCO[C@H]1SC1O. The van der Waals surface area contributed by atoms with Gasteiger partial charge in [-0.3, -0.25) is 0 Å². The van der Waals surface area contributed by atoms with E-state index < -0.39 is 0 Å². The average molecular weight is 136 g/mol. The summed E-state index contributed by atoms with van der Waals surface area (Å²) < 4.78 is 4.88. The van der Waals surface area contributed by atoms with E-state index in [9.17, 15) is 0 Å². The second-order valence-corrected chi connectivity index (χ2v) is 2.71. The molecule has 0 aromatic heterocycles. The molecule has 0 aromatic rings. The number of hydrogen-bond donors (Lipinski definition) is 2. The Bertz CT molecular complexity index is 77.7. The van der Waals surface area contributed by atoms with Crippen LogP contribution in [0.25, 0.3) is 0 Å². The Balaban J connectivity index is 1.89. The van der Waals surface area contributed by atoms with Crippen LogP contribution in [-0.4, -0.2) is 34.3 Å². The Labute approximate surface area is 51.7 Å². The van der Waals surface area contributed by atoms with E-state index in [-0.39, 0.29) is 17.5 Å². The molecule has 0 spiro atoms. The van der Waals surface area contributed by atoms with Gasteiger partial charge in [-0.05, 0) is 0 Å². The Morgan fingerprint density at radius 3 is 2.62 bits per heavy atom. The van der Waals surface area contributed by atoms with Gasteiger partial charge in [0.15, 0.2) is 0 Å². The van der Waals surface area contributed by atoms with Crippen molar-refractivity contribution >= 4 is 11.8 Å². The molecule has 1 aliphatic rings. The molecule has 0 aliphatic carbocycles. The topological polar surface area (TPSA) is 49.7 Å². The molecule has 0 amide bonds. The van der Waals surface area contributed by atoms with Gasteiger partial charge in [-0.25, -0.2) is 0 Å². The molecule has 0 radical (unpaired) electrons. The van der Waals surface area contributed by atoms with Crippen LogP contribution in [0.15, 0.2) is 0 Å². The van der Waals surface area contributed by atoms with E-state index in [1.54, 1.807) is 0 Å². The summed E-state index contributed by atoms with van der Waals surface area (Å²) in [6.07, 6.45) is 0. The van der Waals surface area contributed by atoms with Gasteiger partial charge in [0.25, 0.3) is 0 Å². The number of ether oxygens (including phenoxy) is 1. The summed E-state index contributed by atoms with van der Waals surface area (Å²) in [5.41, 5.74) is -0.413. The zero-order valence-corrected chi connectivity index (χ0v) is 5.10. The predicted octanol–water partition coefficient (Wildman–Crippen LogP) is -0.613. The van der Waals surface area contributed by atoms with E-state index in [0.29, 0.717) is 6.61 Å². The van der Waals surface area contributed by atoms with E-state index in [4.69, 9.17) is 14.9 Å². The maximum absolute atomic E-state index is 8.61. The molecule has 1 heterocycles. The zero-order valence-electron chi connectivity index (χ0n) is 4.28. The summed E-state index contributed by atoms with van der Waals surface area (Å²) in [6.45, 7) is 0.360. The molecule has 4 heteroatoms. The van der Waals surface area contributed by atoms with Crippen molar-refractivity contribution in [3.8, 4) is 0 Å². The van der Waals surface area contributed by atoms with E-state index >= 15 is 0 Å². The van der Waals surface area contributed by atoms with Gasteiger partial charge < -0.3 is 14.9 Å². The summed E-state index contributed by atoms with van der Waals surface area (Å²) >= 11 is 1.35. The van der Waals surface area contributed by atoms with Crippen LogP contribution < -0.4 is 0 Å². The standard InChI is InChI=1S/C4H8O3S/c5-1-2-7-4-3(6)8-4/h3-6H,1-2H2/t3?,4-/m0/s1. The van der Waals surface area contributed by atoms with Gasteiger partial charge in [-0.15, -0.1) is 0 Å². The Kier molecular flexibility index (Phi) is 2.13. The summed E-state index contributed by atoms with van der Waals surface area (Å²) in [7, 11) is 0. The Morgan fingerprint density at radius 2 is 2.25 bits per heavy atom. The molecule has 1 saturated heterocycles. The third-order valence-electron chi connectivity index (χ3n) is 0.803. The van der Waals surface area contributed by atoms with Crippen LogP contribution in [0.4, 0.5) is 0 Å². The third kappa shape index (κ3) is 1.63. The first-order valence-corrected chi connectivity index (χ1v) is 3.35. The van der Waals surface area contributed by atoms with Crippen LogP contribution in [0.2, 0.25) is 0 Å². The highest BCUT2D eigenvalue weighted by molar-refractivity contribution is 8.07. The summed E-state index contributed by atoms with van der Waals surface area (Å²) in [6, 6.07) is 0. The molecule has 0 aromatic carbocycles. The minimum atomic E-state index is -0.346. The lowest BCUT2D eigenvalue weighted by molar-refractivity contribution is 0.0598. The van der Waals surface area contributed by atoms with Crippen molar-refractivity contribution in [3.63, 3.8) is 0 Å². The van der Waals surface area contributed by atoms with Gasteiger partial charge >= 0.3 is 0 Å². The lowest BCUT2D eigenvalue weighted by Crippen LogP contribution is -2.03. The van der Waals surface area contributed by atoms with Crippen molar-refractivity contribution in [2.75, 3.05) is 13.2 Å². The molecule has 0 saturated carbocycles. The zero-order chi connectivity index (χ0) is 5.98. The van der Waals surface area contributed by atoms with Crippen LogP contribution in [0, 0.1) is 0 Å². The highest BCUT2D eigenvalue weighted by atomic mass is 32.2. The Morgan fingerprint density at radius 1 is 1.62 bits per heavy atom. The van der Waals surface area contributed by atoms with Crippen LogP contribution in [0.5, 0.6) is 0 Å². The molecule has 3 nitrogen and oxygen atoms in total. The van der Waals surface area contributed by atoms with Crippen LogP contribution in [-0.2, 0) is 4.74 Å². The van der Waals surface area contributed by atoms with Gasteiger partial charge in [-0.1, -0.05) is 11.8 Å². The highest BCUT2D eigenvalue weighted by Gasteiger charge is 2.37. The van der Waals surface area contributed by atoms with Crippen LogP contribution in [0.1, 0.15) is 0 Å². The van der Waals surface area contributed by atoms with Crippen molar-refractivity contribution in [2.24, 2.45) is 0 Å². The molecular weight excluding hydrogens is 128 g/mol. The minimum Gasteiger partial charge on any atom is -0.394 e. The van der Waals surface area contributed by atoms with Gasteiger partial charge in [0.05, 0.1) is 13.2 Å². The third-order valence-corrected chi connectivity index (χ3v) is 1.68. The molecular formula is C4H8O3S. The van der Waals surface area contributed by atoms with Crippen LogP contribution >= 0.6 is 11.8 Å². The molecule has 1 unspecified atom stereocenters. The first-order chi connectivity index (χ1) is 3.84. The molecule has 0 bridgehead atoms. The average Bonchev–Trinajstić information content (AvgIpc) is 2.42. The molecule has 1 aliphatic heterocycles. The van der Waals surface area contributed by atoms with Gasteiger partial charge in [-0.2, -0.15) is 0 Å². The summed E-state index contributed by atoms with van der Waals surface area (Å²) in [5, 5.41) is 16.8. The van der Waals surface area contributed by atoms with Gasteiger partial charge in [0.2, 0.25) is 0 Å². The number of thioether (sulfide) groups is 1. The van der Waals surface area contributed by atoms with E-state index in [0.717, 1.165) is 0 Å². The molecule has 8 heavy (non-hydrogen) atoms. The smallest absolute Gasteiger partial charge is 0.141 e. The predicted molar refractivity (Wildman–Crippen MR) is 30.4 cm³/mol. The number of aliphatic hydroxyl groups is 2. The largest absolute Gasteiger partial charge is 0.394 e. The van der Waals surface area contributed by atoms with Crippen molar-refractivity contribution in [2.45, 2.75) is 10.9 Å². The Hall–Kier alpha value is 0.230. The van der Waals surface area contributed by atoms with Crippen molar-refractivity contribution in [1.82, 2.24) is 0 Å². The van der Waals surface area contributed by atoms with E-state index in [1.807, 2.05) is 0 Å². The van der Waals surface area contributed by atoms with Crippen molar-refractivity contribution in [1.29, 1.82) is 0 Å². The second-order valence-electron chi connectivity index (χ2n) is 1.49. The summed E-state index contributed by atoms with van der Waals surface area (Å²) in [5.74, 6) is 0. The molecule has 1 rings (SSSR count). The van der Waals surface area contributed by atoms with Crippen molar-refractivity contribution in [3.05, 3.63) is 0 Å². The molecule has 2 N–H and O–H groups in total. The lowest BCUT2D eigenvalue weighted by Gasteiger charge is -1.93. The quantitative estimate of drug-likeness (QED) is 0.508. The molecule has 2 atom stereocenters. The summed E-state index contributed by atoms with van der Waals surface area (Å²) in [4.78, 5) is 0. The minimum absolute atomic E-state index is 0.0315. The normalized spacial score (nSPS) is 35.2. The fourth-order valence-corrected chi connectivity index (χ4v) is 0.820. The number of aliphatic hydroxyl groups excluding tert-OH is 2. The number of rotatable bonds is 3. The van der Waals surface area contributed by atoms with E-state index in [1.165, 1.54) is 11.8 Å². The highest BCUT2D eigenvalue weighted by Crippen LogP contribution is 2.39. The first kappa shape index (κ1) is 6.35. The van der Waals surface area contributed by atoms with Gasteiger partial charge in [0.1, 0.15) is 10.9 Å². The lowest BCUT2D eigenvalue weighted by atomic mass is 10.7. The monoisotopic (exact) mass is 136 g/mol. The first-order valence-electron chi connectivity index (χ1n) is 2.40. The second kappa shape index (κ2) is 2.68. The van der Waals surface area contributed by atoms with Gasteiger partial charge in [0, 0.05) is 0 Å². The fraction of sp³-hybridized carbons (Fsp3) is 1.00. The number of hydrogen-bond acceptors (Lipinski definition) is 4. The maximum atomic E-state index is 8.61. The van der Waals surface area contributed by atoms with E-state index in [2.05, 4.69) is 0 Å². The maximum Gasteiger partial charge on any atom is 0.141 e.